The van der Waals surface area contributed by atoms with Crippen molar-refractivity contribution in [1.29, 1.82) is 0 Å². The van der Waals surface area contributed by atoms with Gasteiger partial charge < -0.3 is 0 Å². The lowest BCUT2D eigenvalue weighted by atomic mass is 10.0. The van der Waals surface area contributed by atoms with Gasteiger partial charge in [-0.2, -0.15) is 5.10 Å². The molecular formula is C13H21N4+. The van der Waals surface area contributed by atoms with E-state index in [0.29, 0.717) is 0 Å². The lowest BCUT2D eigenvalue weighted by molar-refractivity contribution is -0.464. The van der Waals surface area contributed by atoms with Gasteiger partial charge in [-0.1, -0.05) is 37.6 Å². The molecule has 5 N–H and O–H groups in total. The van der Waals surface area contributed by atoms with E-state index < -0.39 is 0 Å². The zero-order chi connectivity index (χ0) is 12.7. The van der Waals surface area contributed by atoms with E-state index in [1.165, 1.54) is 18.4 Å². The molecule has 0 aromatic heterocycles. The third-order valence-corrected chi connectivity index (χ3v) is 2.54. The molecule has 0 heterocycles. The summed E-state index contributed by atoms with van der Waals surface area (Å²) < 4.78 is 0. The quantitative estimate of drug-likeness (QED) is 0.383. The van der Waals surface area contributed by atoms with Crippen LogP contribution in [0.25, 0.3) is 0 Å². The summed E-state index contributed by atoms with van der Waals surface area (Å²) in [4.78, 5) is 0. The average molecular weight is 233 g/mol. The van der Waals surface area contributed by atoms with Gasteiger partial charge in [0, 0.05) is 0 Å². The van der Waals surface area contributed by atoms with E-state index in [1.807, 2.05) is 6.92 Å². The highest BCUT2D eigenvalue weighted by Gasteiger charge is 1.98. The zero-order valence-corrected chi connectivity index (χ0v) is 10.5. The van der Waals surface area contributed by atoms with Gasteiger partial charge in [-0.25, -0.2) is 0 Å². The highest BCUT2D eigenvalue weighted by molar-refractivity contribution is 5.98. The van der Waals surface area contributed by atoms with Crippen molar-refractivity contribution in [2.45, 2.75) is 33.1 Å². The minimum atomic E-state index is 0.101. The molecule has 0 bridgehead atoms. The topological polar surface area (TPSA) is 78.4 Å². The van der Waals surface area contributed by atoms with Gasteiger partial charge in [0.15, 0.2) is 0 Å². The highest BCUT2D eigenvalue weighted by Crippen LogP contribution is 2.08. The number of guanidine groups is 1. The molecule has 4 heteroatoms. The van der Waals surface area contributed by atoms with Crippen molar-refractivity contribution >= 4 is 11.7 Å². The van der Waals surface area contributed by atoms with Gasteiger partial charge in [0.25, 0.3) is 0 Å². The molecule has 17 heavy (non-hydrogen) atoms. The highest BCUT2D eigenvalue weighted by atomic mass is 15.3. The maximum atomic E-state index is 5.27. The Morgan fingerprint density at radius 2 is 1.88 bits per heavy atom. The molecule has 0 aliphatic heterocycles. The van der Waals surface area contributed by atoms with E-state index in [0.717, 1.165) is 17.7 Å². The first-order valence-electron chi connectivity index (χ1n) is 5.91. The van der Waals surface area contributed by atoms with Gasteiger partial charge in [-0.05, 0) is 30.9 Å². The predicted octanol–water partition coefficient (Wildman–Crippen LogP) is 0.107. The molecule has 0 fully saturated rings. The number of nitrogens with zero attached hydrogens (tertiary/aromatic N) is 1. The van der Waals surface area contributed by atoms with Crippen molar-refractivity contribution in [2.24, 2.45) is 16.6 Å². The third kappa shape index (κ3) is 4.68. The van der Waals surface area contributed by atoms with E-state index in [9.17, 15) is 0 Å². The van der Waals surface area contributed by atoms with Crippen molar-refractivity contribution in [3.8, 4) is 0 Å². The van der Waals surface area contributed by atoms with Crippen LogP contribution in [-0.4, -0.2) is 11.7 Å². The molecule has 1 aromatic rings. The van der Waals surface area contributed by atoms with Crippen molar-refractivity contribution in [2.75, 3.05) is 0 Å². The van der Waals surface area contributed by atoms with Crippen LogP contribution in [0.2, 0.25) is 0 Å². The van der Waals surface area contributed by atoms with E-state index in [4.69, 9.17) is 11.5 Å². The molecule has 0 amide bonds. The minimum Gasteiger partial charge on any atom is -0.289 e. The Hall–Kier alpha value is -1.84. The van der Waals surface area contributed by atoms with Crippen molar-refractivity contribution in [3.05, 3.63) is 35.4 Å². The Morgan fingerprint density at radius 1 is 1.24 bits per heavy atom. The summed E-state index contributed by atoms with van der Waals surface area (Å²) in [6.45, 7) is 4.11. The van der Waals surface area contributed by atoms with Crippen molar-refractivity contribution in [3.63, 3.8) is 0 Å². The smallest absolute Gasteiger partial charge is 0.289 e. The first kappa shape index (κ1) is 13.2. The summed E-state index contributed by atoms with van der Waals surface area (Å²) in [6.07, 6.45) is 3.58. The van der Waals surface area contributed by atoms with E-state index in [1.54, 1.807) is 0 Å². The fourth-order valence-electron chi connectivity index (χ4n) is 1.51. The summed E-state index contributed by atoms with van der Waals surface area (Å²) >= 11 is 0. The molecule has 0 atom stereocenters. The minimum absolute atomic E-state index is 0.101. The monoisotopic (exact) mass is 233 g/mol. The predicted molar refractivity (Wildman–Crippen MR) is 71.6 cm³/mol. The number of hydrazone groups is 1. The normalized spacial score (nSPS) is 11.3. The Bertz CT molecular complexity index is 400. The molecule has 0 saturated heterocycles. The summed E-state index contributed by atoms with van der Waals surface area (Å²) in [6, 6.07) is 8.41. The molecular weight excluding hydrogens is 212 g/mol. The number of benzene rings is 1. The molecule has 0 saturated carbocycles. The maximum absolute atomic E-state index is 5.27. The molecule has 0 spiro atoms. The average Bonchev–Trinajstić information content (AvgIpc) is 2.34. The number of rotatable bonds is 5. The van der Waals surface area contributed by atoms with E-state index in [-0.39, 0.29) is 5.96 Å². The van der Waals surface area contributed by atoms with Crippen LogP contribution in [0.15, 0.2) is 29.4 Å². The number of nitrogens with one attached hydrogen (secondary N) is 1. The van der Waals surface area contributed by atoms with Crippen LogP contribution in [0.4, 0.5) is 0 Å². The number of aryl methyl sites for hydroxylation is 1. The van der Waals surface area contributed by atoms with Crippen LogP contribution in [-0.2, 0) is 6.42 Å². The van der Waals surface area contributed by atoms with Gasteiger partial charge in [-0.3, -0.25) is 11.5 Å². The first-order chi connectivity index (χ1) is 8.13. The van der Waals surface area contributed by atoms with Crippen LogP contribution >= 0.6 is 0 Å². The van der Waals surface area contributed by atoms with Gasteiger partial charge in [0.05, 0.1) is 5.71 Å². The lowest BCUT2D eigenvalue weighted by Gasteiger charge is -2.02. The Balaban J connectivity index is 2.73. The second-order valence-corrected chi connectivity index (χ2v) is 4.06. The van der Waals surface area contributed by atoms with Gasteiger partial charge in [-0.15, -0.1) is 5.10 Å². The second kappa shape index (κ2) is 6.68. The largest absolute Gasteiger partial charge is 0.362 e. The fourth-order valence-corrected chi connectivity index (χ4v) is 1.51. The van der Waals surface area contributed by atoms with Crippen LogP contribution < -0.4 is 16.6 Å². The summed E-state index contributed by atoms with van der Waals surface area (Å²) in [5, 5.41) is 6.62. The molecule has 0 radical (unpaired) electrons. The lowest BCUT2D eigenvalue weighted by Crippen LogP contribution is -2.72. The standard InChI is InChI=1S/C13H20N4/c1-3-4-5-11-6-8-12(9-7-11)10(2)16-17-13(14)15/h6-9H,3-5H2,1-2H3,(H4,14,15,17)/p+1/b16-10-. The SMILES string of the molecule is CCCCc1ccc(/C(C)=N\[NH+]=C(N)N)cc1. The first-order valence-corrected chi connectivity index (χ1v) is 5.91. The van der Waals surface area contributed by atoms with E-state index in [2.05, 4.69) is 41.4 Å². The Kier molecular flexibility index (Phi) is 5.20. The molecule has 0 aliphatic carbocycles. The summed E-state index contributed by atoms with van der Waals surface area (Å²) in [7, 11) is 0. The van der Waals surface area contributed by atoms with E-state index >= 15 is 0 Å². The number of hydrogen-bond acceptors (Lipinski definition) is 1. The molecule has 0 aliphatic rings. The number of nitrogens with two attached hydrogens (primary N) is 2. The molecule has 92 valence electrons. The van der Waals surface area contributed by atoms with Crippen molar-refractivity contribution in [1.82, 2.24) is 0 Å². The van der Waals surface area contributed by atoms with Gasteiger partial charge >= 0.3 is 5.96 Å². The summed E-state index contributed by atoms with van der Waals surface area (Å²) in [5.41, 5.74) is 13.8. The molecule has 1 rings (SSSR count). The van der Waals surface area contributed by atoms with Crippen LogP contribution in [0.1, 0.15) is 37.8 Å². The van der Waals surface area contributed by atoms with Crippen LogP contribution in [0.5, 0.6) is 0 Å². The fraction of sp³-hybridized carbons (Fsp3) is 0.385. The van der Waals surface area contributed by atoms with Crippen LogP contribution in [0.3, 0.4) is 0 Å². The summed E-state index contributed by atoms with van der Waals surface area (Å²) in [5.74, 6) is 0.101. The maximum Gasteiger partial charge on any atom is 0.362 e. The molecule has 4 nitrogen and oxygen atoms in total. The molecule has 1 aromatic carbocycles. The number of unbranched alkanes of at least 4 members (excludes halogenated alkanes) is 1. The van der Waals surface area contributed by atoms with Crippen molar-refractivity contribution < 1.29 is 5.10 Å². The van der Waals surface area contributed by atoms with Gasteiger partial charge in [0.1, 0.15) is 0 Å². The van der Waals surface area contributed by atoms with Gasteiger partial charge in [0.2, 0.25) is 0 Å². The second-order valence-electron chi connectivity index (χ2n) is 4.06. The third-order valence-electron chi connectivity index (χ3n) is 2.54. The molecule has 0 unspecified atom stereocenters. The van der Waals surface area contributed by atoms with Crippen LogP contribution in [0, 0.1) is 0 Å². The zero-order valence-electron chi connectivity index (χ0n) is 10.5. The number of hydrogen-bond donors (Lipinski definition) is 3. The Labute approximate surface area is 102 Å². The Morgan fingerprint density at radius 3 is 2.41 bits per heavy atom.